The number of aromatic nitrogens is 1. The maximum atomic E-state index is 13.7. The third kappa shape index (κ3) is 6.72. The van der Waals surface area contributed by atoms with Crippen molar-refractivity contribution >= 4 is 23.5 Å². The van der Waals surface area contributed by atoms with Crippen molar-refractivity contribution in [1.29, 1.82) is 0 Å². The highest BCUT2D eigenvalue weighted by atomic mass is 16.5. The second kappa shape index (κ2) is 12.2. The fourth-order valence-electron chi connectivity index (χ4n) is 5.05. The van der Waals surface area contributed by atoms with Crippen LogP contribution >= 0.6 is 0 Å². The van der Waals surface area contributed by atoms with Gasteiger partial charge in [-0.25, -0.2) is 0 Å². The number of hydrogen-bond acceptors (Lipinski definition) is 6. The monoisotopic (exact) mass is 496 g/mol. The third-order valence-corrected chi connectivity index (χ3v) is 6.95. The zero-order valence-corrected chi connectivity index (χ0v) is 21.1. The summed E-state index contributed by atoms with van der Waals surface area (Å²) in [4.78, 5) is 41.5. The molecule has 3 amide bonds. The van der Waals surface area contributed by atoms with Gasteiger partial charge in [-0.3, -0.25) is 14.4 Å². The summed E-state index contributed by atoms with van der Waals surface area (Å²) in [7, 11) is 0. The van der Waals surface area contributed by atoms with Gasteiger partial charge in [0.05, 0.1) is 6.10 Å². The second-order valence-corrected chi connectivity index (χ2v) is 9.80. The van der Waals surface area contributed by atoms with Gasteiger partial charge < -0.3 is 24.8 Å². The number of nitrogens with one attached hydrogen (secondary N) is 2. The SMILES string of the molecule is Cc1cc(NC(=O)CCC(=O)N(C[C@@H]2CCCO2)[C@@H](C(=O)NC2CCCC2)c2ccccc2C)no1. The van der Waals surface area contributed by atoms with Crippen LogP contribution in [0.25, 0.3) is 0 Å². The first-order valence-electron chi connectivity index (χ1n) is 12.9. The minimum atomic E-state index is -0.787. The summed E-state index contributed by atoms with van der Waals surface area (Å²) in [5.74, 6) is 0.127. The fourth-order valence-corrected chi connectivity index (χ4v) is 5.05. The van der Waals surface area contributed by atoms with E-state index in [1.807, 2.05) is 31.2 Å². The molecule has 0 bridgehead atoms. The molecule has 9 heteroatoms. The Morgan fingerprint density at radius 3 is 2.53 bits per heavy atom. The number of aryl methyl sites for hydroxylation is 2. The summed E-state index contributed by atoms with van der Waals surface area (Å²) >= 11 is 0. The van der Waals surface area contributed by atoms with E-state index in [1.165, 1.54) is 0 Å². The molecule has 36 heavy (non-hydrogen) atoms. The second-order valence-electron chi connectivity index (χ2n) is 9.80. The van der Waals surface area contributed by atoms with Crippen molar-refractivity contribution < 1.29 is 23.6 Å². The number of rotatable bonds is 10. The van der Waals surface area contributed by atoms with Gasteiger partial charge >= 0.3 is 0 Å². The van der Waals surface area contributed by atoms with Crippen LogP contribution in [0.3, 0.4) is 0 Å². The predicted molar refractivity (Wildman–Crippen MR) is 134 cm³/mol. The Morgan fingerprint density at radius 2 is 1.86 bits per heavy atom. The lowest BCUT2D eigenvalue weighted by atomic mass is 9.97. The van der Waals surface area contributed by atoms with Crippen LogP contribution in [-0.2, 0) is 19.1 Å². The summed E-state index contributed by atoms with van der Waals surface area (Å²) in [6.45, 7) is 4.64. The minimum Gasteiger partial charge on any atom is -0.376 e. The Morgan fingerprint density at radius 1 is 1.08 bits per heavy atom. The average Bonchev–Trinajstić information content (AvgIpc) is 3.63. The van der Waals surface area contributed by atoms with Crippen LogP contribution in [0.2, 0.25) is 0 Å². The molecule has 0 radical (unpaired) electrons. The minimum absolute atomic E-state index is 0.0303. The summed E-state index contributed by atoms with van der Waals surface area (Å²) < 4.78 is 10.8. The fraction of sp³-hybridized carbons (Fsp3) is 0.556. The van der Waals surface area contributed by atoms with Gasteiger partial charge in [-0.05, 0) is 50.7 Å². The van der Waals surface area contributed by atoms with Crippen molar-refractivity contribution in [2.45, 2.75) is 83.4 Å². The molecule has 9 nitrogen and oxygen atoms in total. The standard InChI is InChI=1S/C27H36N4O5/c1-18-8-3-6-12-22(18)26(27(34)28-20-9-4-5-10-20)31(17-21-11-7-15-35-21)25(33)14-13-24(32)29-23-16-19(2)36-30-23/h3,6,8,12,16,20-21,26H,4-5,7,9-11,13-15,17H2,1-2H3,(H,28,34)(H,29,30,32)/t21-,26+/m0/s1. The molecule has 2 heterocycles. The lowest BCUT2D eigenvalue weighted by Crippen LogP contribution is -2.48. The van der Waals surface area contributed by atoms with Crippen LogP contribution in [-0.4, -0.2) is 53.1 Å². The van der Waals surface area contributed by atoms with Crippen LogP contribution in [0.1, 0.15) is 74.3 Å². The normalized spacial score (nSPS) is 18.7. The first-order valence-corrected chi connectivity index (χ1v) is 12.9. The van der Waals surface area contributed by atoms with Gasteiger partial charge in [-0.1, -0.05) is 42.3 Å². The molecule has 1 aromatic heterocycles. The Balaban J connectivity index is 1.54. The maximum absolute atomic E-state index is 13.7. The number of hydrogen-bond donors (Lipinski definition) is 2. The van der Waals surface area contributed by atoms with Crippen LogP contribution in [0.15, 0.2) is 34.9 Å². The lowest BCUT2D eigenvalue weighted by molar-refractivity contribution is -0.143. The van der Waals surface area contributed by atoms with Gasteiger partial charge in [0.25, 0.3) is 0 Å². The average molecular weight is 497 g/mol. The van der Waals surface area contributed by atoms with Gasteiger partial charge in [0.15, 0.2) is 5.82 Å². The van der Waals surface area contributed by atoms with E-state index < -0.39 is 6.04 Å². The molecule has 1 saturated carbocycles. The molecule has 0 spiro atoms. The van der Waals surface area contributed by atoms with Gasteiger partial charge in [-0.2, -0.15) is 0 Å². The summed E-state index contributed by atoms with van der Waals surface area (Å²) in [5.41, 5.74) is 1.73. The largest absolute Gasteiger partial charge is 0.376 e. The van der Waals surface area contributed by atoms with E-state index in [1.54, 1.807) is 17.9 Å². The number of carbonyl (C=O) groups excluding carboxylic acids is 3. The first-order chi connectivity index (χ1) is 17.4. The number of amides is 3. The highest BCUT2D eigenvalue weighted by Crippen LogP contribution is 2.29. The summed E-state index contributed by atoms with van der Waals surface area (Å²) in [5, 5.41) is 9.61. The molecule has 4 rings (SSSR count). The zero-order chi connectivity index (χ0) is 25.5. The van der Waals surface area contributed by atoms with Gasteiger partial charge in [0.1, 0.15) is 11.8 Å². The van der Waals surface area contributed by atoms with E-state index in [4.69, 9.17) is 9.26 Å². The number of anilines is 1. The summed E-state index contributed by atoms with van der Waals surface area (Å²) in [6.07, 6.45) is 5.66. The van der Waals surface area contributed by atoms with E-state index in [0.717, 1.165) is 49.7 Å². The predicted octanol–water partition coefficient (Wildman–Crippen LogP) is 3.82. The molecule has 2 N–H and O–H groups in total. The van der Waals surface area contributed by atoms with E-state index >= 15 is 0 Å². The molecule has 1 saturated heterocycles. The molecule has 194 valence electrons. The van der Waals surface area contributed by atoms with Gasteiger partial charge in [0, 0.05) is 38.1 Å². The van der Waals surface area contributed by atoms with Crippen molar-refractivity contribution in [3.8, 4) is 0 Å². The molecular formula is C27H36N4O5. The smallest absolute Gasteiger partial charge is 0.247 e. The number of benzene rings is 1. The topological polar surface area (TPSA) is 114 Å². The molecule has 1 aliphatic carbocycles. The van der Waals surface area contributed by atoms with Crippen LogP contribution < -0.4 is 10.6 Å². The third-order valence-electron chi connectivity index (χ3n) is 6.95. The van der Waals surface area contributed by atoms with Crippen molar-refractivity contribution in [1.82, 2.24) is 15.4 Å². The molecule has 2 aliphatic rings. The molecule has 1 aliphatic heterocycles. The van der Waals surface area contributed by atoms with Crippen molar-refractivity contribution in [2.24, 2.45) is 0 Å². The first kappa shape index (κ1) is 25.9. The number of carbonyl (C=O) groups is 3. The van der Waals surface area contributed by atoms with Crippen LogP contribution in [0.5, 0.6) is 0 Å². The Kier molecular flexibility index (Phi) is 8.74. The molecule has 1 aromatic carbocycles. The van der Waals surface area contributed by atoms with Gasteiger partial charge in [0.2, 0.25) is 17.7 Å². The lowest BCUT2D eigenvalue weighted by Gasteiger charge is -2.34. The van der Waals surface area contributed by atoms with E-state index in [9.17, 15) is 14.4 Å². The van der Waals surface area contributed by atoms with Crippen molar-refractivity contribution in [3.05, 3.63) is 47.2 Å². The molecular weight excluding hydrogens is 460 g/mol. The van der Waals surface area contributed by atoms with Crippen molar-refractivity contribution in [3.63, 3.8) is 0 Å². The zero-order valence-electron chi connectivity index (χ0n) is 21.1. The molecule has 2 fully saturated rings. The number of nitrogens with zero attached hydrogens (tertiary/aromatic N) is 2. The Hall–Kier alpha value is -3.20. The highest BCUT2D eigenvalue weighted by molar-refractivity contribution is 5.94. The Bertz CT molecular complexity index is 1060. The Labute approximate surface area is 211 Å². The van der Waals surface area contributed by atoms with E-state index in [0.29, 0.717) is 24.7 Å². The molecule has 0 unspecified atom stereocenters. The number of ether oxygens (including phenoxy) is 1. The van der Waals surface area contributed by atoms with Crippen molar-refractivity contribution in [2.75, 3.05) is 18.5 Å². The molecule has 2 atom stereocenters. The van der Waals surface area contributed by atoms with E-state index in [2.05, 4.69) is 15.8 Å². The van der Waals surface area contributed by atoms with Gasteiger partial charge in [-0.15, -0.1) is 0 Å². The quantitative estimate of drug-likeness (QED) is 0.517. The van der Waals surface area contributed by atoms with Crippen LogP contribution in [0.4, 0.5) is 5.82 Å². The van der Waals surface area contributed by atoms with E-state index in [-0.39, 0.29) is 42.7 Å². The molecule has 2 aromatic rings. The maximum Gasteiger partial charge on any atom is 0.247 e. The highest BCUT2D eigenvalue weighted by Gasteiger charge is 2.36. The van der Waals surface area contributed by atoms with Crippen LogP contribution in [0, 0.1) is 13.8 Å². The summed E-state index contributed by atoms with van der Waals surface area (Å²) in [6, 6.07) is 8.62.